The van der Waals surface area contributed by atoms with Crippen LogP contribution in [0.4, 0.5) is 5.69 Å². The molecule has 1 heterocycles. The van der Waals surface area contributed by atoms with E-state index < -0.39 is 5.92 Å². The zero-order valence-corrected chi connectivity index (χ0v) is 16.1. The molecule has 2 N–H and O–H groups in total. The van der Waals surface area contributed by atoms with Crippen molar-refractivity contribution in [2.75, 3.05) is 18.0 Å². The second-order valence-electron chi connectivity index (χ2n) is 6.69. The molecule has 2 aromatic carbocycles. The fourth-order valence-corrected chi connectivity index (χ4v) is 3.29. The minimum atomic E-state index is -0.432. The van der Waals surface area contributed by atoms with Crippen molar-refractivity contribution in [3.05, 3.63) is 65.2 Å². The maximum Gasteiger partial charge on any atom is 0.227 e. The Hall–Kier alpha value is -2.86. The van der Waals surface area contributed by atoms with E-state index in [9.17, 15) is 14.4 Å². The minimum Gasteiger partial charge on any atom is -0.355 e. The van der Waals surface area contributed by atoms with Gasteiger partial charge in [-0.05, 0) is 23.8 Å². The maximum atomic E-state index is 12.3. The Morgan fingerprint density at radius 3 is 2.61 bits per heavy atom. The van der Waals surface area contributed by atoms with Gasteiger partial charge in [0.05, 0.1) is 5.92 Å². The largest absolute Gasteiger partial charge is 0.355 e. The number of anilines is 1. The maximum absolute atomic E-state index is 12.3. The van der Waals surface area contributed by atoms with Crippen molar-refractivity contribution in [3.63, 3.8) is 0 Å². The first kappa shape index (κ1) is 19.9. The summed E-state index contributed by atoms with van der Waals surface area (Å²) >= 11 is 5.98. The molecule has 1 saturated heterocycles. The molecule has 146 valence electrons. The number of hydrogen-bond donors (Lipinski definition) is 2. The van der Waals surface area contributed by atoms with Crippen LogP contribution in [0.2, 0.25) is 5.02 Å². The molecule has 0 bridgehead atoms. The van der Waals surface area contributed by atoms with E-state index >= 15 is 0 Å². The quantitative estimate of drug-likeness (QED) is 0.750. The van der Waals surface area contributed by atoms with Gasteiger partial charge in [-0.2, -0.15) is 0 Å². The Kier molecular flexibility index (Phi) is 6.66. The van der Waals surface area contributed by atoms with Crippen LogP contribution in [0.5, 0.6) is 0 Å². The zero-order chi connectivity index (χ0) is 19.9. The van der Waals surface area contributed by atoms with Gasteiger partial charge in [0, 0.05) is 43.2 Å². The highest BCUT2D eigenvalue weighted by Gasteiger charge is 2.35. The van der Waals surface area contributed by atoms with Crippen molar-refractivity contribution in [2.45, 2.75) is 19.4 Å². The highest BCUT2D eigenvalue weighted by Crippen LogP contribution is 2.27. The summed E-state index contributed by atoms with van der Waals surface area (Å²) in [6, 6.07) is 16.6. The summed E-state index contributed by atoms with van der Waals surface area (Å²) in [4.78, 5) is 38.1. The van der Waals surface area contributed by atoms with Crippen LogP contribution in [0.15, 0.2) is 54.6 Å². The minimum absolute atomic E-state index is 0.108. The van der Waals surface area contributed by atoms with Gasteiger partial charge in [-0.15, -0.1) is 0 Å². The first-order valence-electron chi connectivity index (χ1n) is 9.17. The molecular formula is C21H22ClN3O3. The third-order valence-electron chi connectivity index (χ3n) is 4.60. The average molecular weight is 400 g/mol. The molecule has 1 unspecified atom stereocenters. The number of amides is 3. The lowest BCUT2D eigenvalue weighted by atomic mass is 10.1. The van der Waals surface area contributed by atoms with Crippen molar-refractivity contribution in [1.82, 2.24) is 10.6 Å². The Balaban J connectivity index is 1.41. The summed E-state index contributed by atoms with van der Waals surface area (Å²) in [5.74, 6) is -0.886. The smallest absolute Gasteiger partial charge is 0.227 e. The van der Waals surface area contributed by atoms with Crippen molar-refractivity contribution < 1.29 is 14.4 Å². The van der Waals surface area contributed by atoms with E-state index in [0.717, 1.165) is 5.56 Å². The predicted molar refractivity (Wildman–Crippen MR) is 108 cm³/mol. The molecule has 1 atom stereocenters. The van der Waals surface area contributed by atoms with E-state index in [1.54, 1.807) is 29.2 Å². The van der Waals surface area contributed by atoms with Gasteiger partial charge in [-0.1, -0.05) is 48.0 Å². The summed E-state index contributed by atoms with van der Waals surface area (Å²) in [7, 11) is 0. The lowest BCUT2D eigenvalue weighted by molar-refractivity contribution is -0.126. The molecule has 3 rings (SSSR count). The predicted octanol–water partition coefficient (Wildman–Crippen LogP) is 2.52. The number of carbonyl (C=O) groups is 3. The van der Waals surface area contributed by atoms with Gasteiger partial charge in [-0.3, -0.25) is 14.4 Å². The van der Waals surface area contributed by atoms with Gasteiger partial charge in [0.15, 0.2) is 0 Å². The molecule has 7 heteroatoms. The number of rotatable bonds is 7. The highest BCUT2D eigenvalue weighted by atomic mass is 35.5. The second kappa shape index (κ2) is 9.37. The Labute approximate surface area is 168 Å². The molecule has 6 nitrogen and oxygen atoms in total. The van der Waals surface area contributed by atoms with Crippen LogP contribution in [0.1, 0.15) is 18.4 Å². The normalized spacial score (nSPS) is 16.1. The number of carbonyl (C=O) groups excluding carboxylic acids is 3. The van der Waals surface area contributed by atoms with Crippen molar-refractivity contribution in [1.29, 1.82) is 0 Å². The molecule has 0 saturated carbocycles. The fourth-order valence-electron chi connectivity index (χ4n) is 3.11. The monoisotopic (exact) mass is 399 g/mol. The molecule has 2 aromatic rings. The molecule has 0 aliphatic carbocycles. The lowest BCUT2D eigenvalue weighted by Crippen LogP contribution is -2.35. The van der Waals surface area contributed by atoms with Gasteiger partial charge >= 0.3 is 0 Å². The third-order valence-corrected chi connectivity index (χ3v) is 4.83. The van der Waals surface area contributed by atoms with E-state index in [1.807, 2.05) is 30.3 Å². The van der Waals surface area contributed by atoms with Crippen LogP contribution in [0.25, 0.3) is 0 Å². The standard InChI is InChI=1S/C21H22ClN3O3/c22-17-7-4-8-18(12-17)25-14-16(11-20(25)27)21(28)23-10-9-19(26)24-13-15-5-2-1-3-6-15/h1-8,12,16H,9-11,13-14H2,(H,23,28)(H,24,26). The number of nitrogens with one attached hydrogen (secondary N) is 2. The Morgan fingerprint density at radius 2 is 1.86 bits per heavy atom. The molecule has 3 amide bonds. The highest BCUT2D eigenvalue weighted by molar-refractivity contribution is 6.31. The molecule has 1 aliphatic heterocycles. The third kappa shape index (κ3) is 5.33. The van der Waals surface area contributed by atoms with Gasteiger partial charge in [0.25, 0.3) is 0 Å². The van der Waals surface area contributed by atoms with Crippen LogP contribution in [0.3, 0.4) is 0 Å². The van der Waals surface area contributed by atoms with Crippen LogP contribution < -0.4 is 15.5 Å². The van der Waals surface area contributed by atoms with Crippen molar-refractivity contribution >= 4 is 35.0 Å². The van der Waals surface area contributed by atoms with E-state index in [0.29, 0.717) is 23.8 Å². The summed E-state index contributed by atoms with van der Waals surface area (Å²) in [5, 5.41) is 6.11. The lowest BCUT2D eigenvalue weighted by Gasteiger charge is -2.17. The molecule has 1 aliphatic rings. The summed E-state index contributed by atoms with van der Waals surface area (Å²) < 4.78 is 0. The number of benzene rings is 2. The molecule has 0 aromatic heterocycles. The van der Waals surface area contributed by atoms with Crippen molar-refractivity contribution in [2.24, 2.45) is 5.92 Å². The van der Waals surface area contributed by atoms with Crippen LogP contribution in [-0.4, -0.2) is 30.8 Å². The van der Waals surface area contributed by atoms with Crippen LogP contribution in [-0.2, 0) is 20.9 Å². The molecular weight excluding hydrogens is 378 g/mol. The summed E-state index contributed by atoms with van der Waals surface area (Å²) in [6.45, 7) is 1.01. The van der Waals surface area contributed by atoms with Crippen LogP contribution in [0, 0.1) is 5.92 Å². The second-order valence-corrected chi connectivity index (χ2v) is 7.13. The summed E-state index contributed by atoms with van der Waals surface area (Å²) in [6.07, 6.45) is 0.343. The van der Waals surface area contributed by atoms with Gasteiger partial charge in [0.2, 0.25) is 17.7 Å². The van der Waals surface area contributed by atoms with Crippen LogP contribution >= 0.6 is 11.6 Å². The Bertz CT molecular complexity index is 857. The van der Waals surface area contributed by atoms with Gasteiger partial charge in [-0.25, -0.2) is 0 Å². The topological polar surface area (TPSA) is 78.5 Å². The molecule has 28 heavy (non-hydrogen) atoms. The van der Waals surface area contributed by atoms with Gasteiger partial charge < -0.3 is 15.5 Å². The van der Waals surface area contributed by atoms with E-state index in [4.69, 9.17) is 11.6 Å². The van der Waals surface area contributed by atoms with Crippen molar-refractivity contribution in [3.8, 4) is 0 Å². The average Bonchev–Trinajstić information content (AvgIpc) is 3.09. The first-order valence-corrected chi connectivity index (χ1v) is 9.55. The Morgan fingerprint density at radius 1 is 1.07 bits per heavy atom. The number of halogens is 1. The molecule has 1 fully saturated rings. The molecule has 0 radical (unpaired) electrons. The summed E-state index contributed by atoms with van der Waals surface area (Å²) in [5.41, 5.74) is 1.71. The number of nitrogens with zero attached hydrogens (tertiary/aromatic N) is 1. The molecule has 0 spiro atoms. The van der Waals surface area contributed by atoms with E-state index in [2.05, 4.69) is 10.6 Å². The van der Waals surface area contributed by atoms with E-state index in [-0.39, 0.29) is 37.1 Å². The first-order chi connectivity index (χ1) is 13.5. The van der Waals surface area contributed by atoms with Gasteiger partial charge in [0.1, 0.15) is 0 Å². The SMILES string of the molecule is O=C(CCNC(=O)C1CC(=O)N(c2cccc(Cl)c2)C1)NCc1ccccc1. The number of hydrogen-bond acceptors (Lipinski definition) is 3. The van der Waals surface area contributed by atoms with E-state index in [1.165, 1.54) is 0 Å². The fraction of sp³-hybridized carbons (Fsp3) is 0.286. The zero-order valence-electron chi connectivity index (χ0n) is 15.4.